The maximum atomic E-state index is 13.3. The predicted octanol–water partition coefficient (Wildman–Crippen LogP) is 3.71. The van der Waals surface area contributed by atoms with E-state index in [0.29, 0.717) is 12.1 Å². The lowest BCUT2D eigenvalue weighted by Crippen LogP contribution is -2.44. The van der Waals surface area contributed by atoms with Gasteiger partial charge in [0.15, 0.2) is 0 Å². The zero-order valence-electron chi connectivity index (χ0n) is 16.0. The number of piperidine rings is 1. The first-order chi connectivity index (χ1) is 12.4. The lowest BCUT2D eigenvalue weighted by Gasteiger charge is -2.39. The molecule has 1 unspecified atom stereocenters. The second kappa shape index (κ2) is 6.78. The summed E-state index contributed by atoms with van der Waals surface area (Å²) in [5.74, 6) is -0.211. The summed E-state index contributed by atoms with van der Waals surface area (Å²) in [4.78, 5) is 2.40. The molecule has 1 aliphatic heterocycles. The minimum absolute atomic E-state index is 0.211. The van der Waals surface area contributed by atoms with E-state index in [0.717, 1.165) is 31.6 Å². The van der Waals surface area contributed by atoms with Gasteiger partial charge in [-0.2, -0.15) is 5.10 Å². The molecule has 2 heterocycles. The second-order valence-corrected chi connectivity index (χ2v) is 8.78. The quantitative estimate of drug-likeness (QED) is 0.910. The third kappa shape index (κ3) is 3.55. The minimum atomic E-state index is -0.211. The van der Waals surface area contributed by atoms with Crippen LogP contribution in [0.15, 0.2) is 30.5 Å². The minimum Gasteiger partial charge on any atom is -0.307 e. The molecule has 1 aromatic heterocycles. The highest BCUT2D eigenvalue weighted by atomic mass is 19.1. The average Bonchev–Trinajstić information content (AvgIpc) is 3.00. The molecule has 5 heteroatoms. The summed E-state index contributed by atoms with van der Waals surface area (Å²) in [5, 5.41) is 8.59. The third-order valence-electron chi connectivity index (χ3n) is 5.91. The van der Waals surface area contributed by atoms with Crippen LogP contribution in [-0.4, -0.2) is 40.9 Å². The Kier molecular flexibility index (Phi) is 4.61. The Balaban J connectivity index is 1.62. The summed E-state index contributed by atoms with van der Waals surface area (Å²) in [6.45, 7) is 6.99. The first kappa shape index (κ1) is 17.7. The number of hydrogen-bond acceptors (Lipinski definition) is 3. The van der Waals surface area contributed by atoms with Crippen molar-refractivity contribution in [1.82, 2.24) is 20.0 Å². The number of likely N-dealkylation sites (tertiary alicyclic amines) is 1. The number of hydrogen-bond donors (Lipinski definition) is 1. The molecule has 0 saturated carbocycles. The van der Waals surface area contributed by atoms with E-state index in [4.69, 9.17) is 0 Å². The number of fused-ring (bicyclic) bond motifs is 1. The molecule has 1 saturated heterocycles. The smallest absolute Gasteiger partial charge is 0.123 e. The van der Waals surface area contributed by atoms with Crippen molar-refractivity contribution in [3.05, 3.63) is 47.5 Å². The number of nitrogens with zero attached hydrogens (tertiary/aromatic N) is 3. The van der Waals surface area contributed by atoms with Gasteiger partial charge in [-0.1, -0.05) is 13.8 Å². The van der Waals surface area contributed by atoms with Gasteiger partial charge < -0.3 is 10.2 Å². The third-order valence-corrected chi connectivity index (χ3v) is 5.91. The Morgan fingerprint density at radius 2 is 1.85 bits per heavy atom. The molecular formula is C21H29FN4. The summed E-state index contributed by atoms with van der Waals surface area (Å²) >= 11 is 0. The Hall–Kier alpha value is -1.72. The second-order valence-electron chi connectivity index (χ2n) is 8.78. The molecule has 1 N–H and O–H groups in total. The molecule has 4 nitrogen and oxygen atoms in total. The van der Waals surface area contributed by atoms with E-state index in [9.17, 15) is 4.39 Å². The number of aromatic nitrogens is 2. The fourth-order valence-electron chi connectivity index (χ4n) is 4.46. The molecule has 140 valence electrons. The van der Waals surface area contributed by atoms with Crippen molar-refractivity contribution in [2.45, 2.75) is 51.6 Å². The van der Waals surface area contributed by atoms with Gasteiger partial charge in [-0.05, 0) is 75.5 Å². The Labute approximate surface area is 155 Å². The standard InChI is InChI=1S/C21H29FN4/c1-21(2)12-19(24-16-8-10-25(3)11-9-16)18-14-23-26(20(18)13-21)17-6-4-15(22)5-7-17/h4-7,14,16,19,24H,8-13H2,1-3H3. The van der Waals surface area contributed by atoms with Gasteiger partial charge in [0.2, 0.25) is 0 Å². The van der Waals surface area contributed by atoms with Crippen molar-refractivity contribution in [2.24, 2.45) is 5.41 Å². The molecule has 1 fully saturated rings. The van der Waals surface area contributed by atoms with Crippen LogP contribution >= 0.6 is 0 Å². The molecule has 0 radical (unpaired) electrons. The molecule has 1 aromatic carbocycles. The van der Waals surface area contributed by atoms with Gasteiger partial charge in [-0.25, -0.2) is 9.07 Å². The Morgan fingerprint density at radius 3 is 2.54 bits per heavy atom. The topological polar surface area (TPSA) is 33.1 Å². The Bertz CT molecular complexity index is 757. The number of benzene rings is 1. The van der Waals surface area contributed by atoms with Gasteiger partial charge in [0.05, 0.1) is 11.9 Å². The van der Waals surface area contributed by atoms with Crippen LogP contribution in [0.25, 0.3) is 5.69 Å². The molecule has 4 rings (SSSR count). The molecule has 26 heavy (non-hydrogen) atoms. The zero-order valence-corrected chi connectivity index (χ0v) is 16.0. The number of nitrogens with one attached hydrogen (secondary N) is 1. The maximum absolute atomic E-state index is 13.3. The summed E-state index contributed by atoms with van der Waals surface area (Å²) in [7, 11) is 2.20. The van der Waals surface area contributed by atoms with Crippen molar-refractivity contribution < 1.29 is 4.39 Å². The molecule has 0 amide bonds. The average molecular weight is 356 g/mol. The molecule has 0 bridgehead atoms. The van der Waals surface area contributed by atoms with Crippen molar-refractivity contribution >= 4 is 0 Å². The van der Waals surface area contributed by atoms with Gasteiger partial charge in [0.1, 0.15) is 5.82 Å². The fraction of sp³-hybridized carbons (Fsp3) is 0.571. The molecule has 2 aliphatic rings. The molecule has 1 atom stereocenters. The van der Waals surface area contributed by atoms with E-state index in [1.165, 1.54) is 36.2 Å². The molecule has 2 aromatic rings. The summed E-state index contributed by atoms with van der Waals surface area (Å²) < 4.78 is 15.3. The number of halogens is 1. The predicted molar refractivity (Wildman–Crippen MR) is 102 cm³/mol. The van der Waals surface area contributed by atoms with E-state index in [1.54, 1.807) is 0 Å². The van der Waals surface area contributed by atoms with Crippen LogP contribution in [0.2, 0.25) is 0 Å². The summed E-state index contributed by atoms with van der Waals surface area (Å²) in [6.07, 6.45) is 6.54. The highest BCUT2D eigenvalue weighted by Crippen LogP contribution is 2.41. The van der Waals surface area contributed by atoms with Gasteiger partial charge in [-0.3, -0.25) is 0 Å². The summed E-state index contributed by atoms with van der Waals surface area (Å²) in [6, 6.07) is 7.55. The van der Waals surface area contributed by atoms with Crippen LogP contribution in [0.5, 0.6) is 0 Å². The van der Waals surface area contributed by atoms with Crippen LogP contribution in [0, 0.1) is 11.2 Å². The lowest BCUT2D eigenvalue weighted by molar-refractivity contribution is 0.194. The van der Waals surface area contributed by atoms with Gasteiger partial charge >= 0.3 is 0 Å². The molecular weight excluding hydrogens is 327 g/mol. The largest absolute Gasteiger partial charge is 0.307 e. The van der Waals surface area contributed by atoms with E-state index < -0.39 is 0 Å². The van der Waals surface area contributed by atoms with Crippen molar-refractivity contribution in [2.75, 3.05) is 20.1 Å². The van der Waals surface area contributed by atoms with E-state index in [2.05, 4.69) is 36.2 Å². The van der Waals surface area contributed by atoms with E-state index in [1.807, 2.05) is 23.0 Å². The highest BCUT2D eigenvalue weighted by Gasteiger charge is 2.36. The Morgan fingerprint density at radius 1 is 1.15 bits per heavy atom. The van der Waals surface area contributed by atoms with E-state index in [-0.39, 0.29) is 11.2 Å². The van der Waals surface area contributed by atoms with Crippen molar-refractivity contribution in [1.29, 1.82) is 0 Å². The zero-order chi connectivity index (χ0) is 18.3. The van der Waals surface area contributed by atoms with Crippen LogP contribution in [0.1, 0.15) is 50.4 Å². The van der Waals surface area contributed by atoms with Crippen LogP contribution in [-0.2, 0) is 6.42 Å². The first-order valence-corrected chi connectivity index (χ1v) is 9.69. The normalized spacial score (nSPS) is 23.8. The van der Waals surface area contributed by atoms with Crippen molar-refractivity contribution in [3.63, 3.8) is 0 Å². The van der Waals surface area contributed by atoms with Gasteiger partial charge in [0.25, 0.3) is 0 Å². The first-order valence-electron chi connectivity index (χ1n) is 9.69. The van der Waals surface area contributed by atoms with Gasteiger partial charge in [0, 0.05) is 23.3 Å². The van der Waals surface area contributed by atoms with Crippen LogP contribution in [0.4, 0.5) is 4.39 Å². The molecule has 1 aliphatic carbocycles. The monoisotopic (exact) mass is 356 g/mol. The maximum Gasteiger partial charge on any atom is 0.123 e. The van der Waals surface area contributed by atoms with Crippen molar-refractivity contribution in [3.8, 4) is 5.69 Å². The SMILES string of the molecule is CN1CCC(NC2CC(C)(C)Cc3c2cnn3-c2ccc(F)cc2)CC1. The fourth-order valence-corrected chi connectivity index (χ4v) is 4.46. The van der Waals surface area contributed by atoms with E-state index >= 15 is 0 Å². The summed E-state index contributed by atoms with van der Waals surface area (Å²) in [5.41, 5.74) is 3.72. The van der Waals surface area contributed by atoms with Gasteiger partial charge in [-0.15, -0.1) is 0 Å². The van der Waals surface area contributed by atoms with Crippen LogP contribution < -0.4 is 5.32 Å². The molecule has 0 spiro atoms. The highest BCUT2D eigenvalue weighted by molar-refractivity contribution is 5.38. The van der Waals surface area contributed by atoms with Crippen LogP contribution in [0.3, 0.4) is 0 Å². The lowest BCUT2D eigenvalue weighted by atomic mass is 9.74. The number of rotatable bonds is 3.